The summed E-state index contributed by atoms with van der Waals surface area (Å²) in [5.41, 5.74) is 4.94. The molecular weight excluding hydrogens is 387 g/mol. The lowest BCUT2D eigenvalue weighted by Gasteiger charge is -2.16. The van der Waals surface area contributed by atoms with Gasteiger partial charge in [-0.15, -0.1) is 0 Å². The lowest BCUT2D eigenvalue weighted by molar-refractivity contribution is -0.133. The molecule has 3 N–H and O–H groups in total. The van der Waals surface area contributed by atoms with E-state index in [1.165, 1.54) is 0 Å². The Labute approximate surface area is 176 Å². The quantitative estimate of drug-likeness (QED) is 0.312. The summed E-state index contributed by atoms with van der Waals surface area (Å²) in [5, 5.41) is 12.5. The Balaban J connectivity index is 1.43. The summed E-state index contributed by atoms with van der Waals surface area (Å²) < 4.78 is 24.5. The van der Waals surface area contributed by atoms with Gasteiger partial charge in [-0.3, -0.25) is 10.0 Å². The van der Waals surface area contributed by atoms with E-state index in [9.17, 15) is 9.18 Å². The molecule has 0 fully saturated rings. The fourth-order valence-corrected chi connectivity index (χ4v) is 3.78. The Morgan fingerprint density at radius 3 is 2.57 bits per heavy atom. The number of hydroxylamine groups is 1. The number of nitrogens with one attached hydrogen (secondary N) is 2. The number of aryl methyl sites for hydroxylation is 2. The first-order chi connectivity index (χ1) is 14.5. The summed E-state index contributed by atoms with van der Waals surface area (Å²) in [5.74, 6) is 0.587. The number of amides is 1. The number of fused-ring (bicyclic) bond motifs is 1. The van der Waals surface area contributed by atoms with E-state index in [-0.39, 0.29) is 18.5 Å². The number of unbranched alkanes of at least 4 members (excludes halogenated alkanes) is 1. The molecule has 1 aliphatic heterocycles. The van der Waals surface area contributed by atoms with Gasteiger partial charge < -0.3 is 14.8 Å². The van der Waals surface area contributed by atoms with Gasteiger partial charge in [0.15, 0.2) is 11.5 Å². The molecule has 0 saturated carbocycles. The molecule has 162 valence electrons. The molecule has 30 heavy (non-hydrogen) atoms. The molecule has 2 aromatic carbocycles. The third-order valence-corrected chi connectivity index (χ3v) is 5.38. The molecule has 1 unspecified atom stereocenters. The predicted octanol–water partition coefficient (Wildman–Crippen LogP) is 3.80. The topological polar surface area (TPSA) is 79.8 Å². The smallest absolute Gasteiger partial charge is 0.246 e. The van der Waals surface area contributed by atoms with E-state index in [0.29, 0.717) is 24.0 Å². The molecule has 0 aliphatic carbocycles. The van der Waals surface area contributed by atoms with Gasteiger partial charge in [0, 0.05) is 12.5 Å². The Kier molecular flexibility index (Phi) is 7.65. The lowest BCUT2D eigenvalue weighted by Crippen LogP contribution is -2.29. The molecule has 1 atom stereocenters. The molecule has 0 spiro atoms. The molecule has 1 aliphatic rings. The van der Waals surface area contributed by atoms with Crippen molar-refractivity contribution in [3.63, 3.8) is 0 Å². The van der Waals surface area contributed by atoms with Crippen LogP contribution in [0.5, 0.6) is 11.5 Å². The van der Waals surface area contributed by atoms with Crippen LogP contribution in [0.1, 0.15) is 41.5 Å². The summed E-state index contributed by atoms with van der Waals surface area (Å²) in [4.78, 5) is 12.1. The van der Waals surface area contributed by atoms with Crippen molar-refractivity contribution in [1.82, 2.24) is 10.8 Å². The second-order valence-corrected chi connectivity index (χ2v) is 7.78. The molecule has 2 aromatic rings. The largest absolute Gasteiger partial charge is 0.454 e. The number of hydrogen-bond acceptors (Lipinski definition) is 5. The van der Waals surface area contributed by atoms with Gasteiger partial charge in [0.1, 0.15) is 5.82 Å². The van der Waals surface area contributed by atoms with Crippen molar-refractivity contribution in [2.75, 3.05) is 13.3 Å². The maximum Gasteiger partial charge on any atom is 0.246 e. The summed E-state index contributed by atoms with van der Waals surface area (Å²) in [7, 11) is 0. The van der Waals surface area contributed by atoms with Crippen LogP contribution in [0.25, 0.3) is 0 Å². The Morgan fingerprint density at radius 2 is 1.83 bits per heavy atom. The second kappa shape index (κ2) is 10.4. The zero-order valence-corrected chi connectivity index (χ0v) is 17.5. The molecule has 0 bridgehead atoms. The fraction of sp³-hybridized carbons (Fsp3) is 0.435. The zero-order chi connectivity index (χ0) is 21.5. The highest BCUT2D eigenvalue weighted by atomic mass is 19.1. The number of hydrogen-bond donors (Lipinski definition) is 3. The van der Waals surface area contributed by atoms with Crippen LogP contribution in [0, 0.1) is 25.6 Å². The molecule has 1 amide bonds. The Morgan fingerprint density at radius 1 is 1.10 bits per heavy atom. The molecule has 1 heterocycles. The van der Waals surface area contributed by atoms with Crippen LogP contribution in [0.2, 0.25) is 0 Å². The van der Waals surface area contributed by atoms with Crippen molar-refractivity contribution >= 4 is 5.91 Å². The third kappa shape index (κ3) is 5.70. The minimum atomic E-state index is -0.400. The van der Waals surface area contributed by atoms with E-state index in [1.807, 2.05) is 18.2 Å². The van der Waals surface area contributed by atoms with Gasteiger partial charge in [0.25, 0.3) is 0 Å². The van der Waals surface area contributed by atoms with Gasteiger partial charge in [-0.1, -0.05) is 24.6 Å². The SMILES string of the molecule is Cc1cc(CC(CCCCNCc2ccc3c(c2)OCO3)C(=O)NO)cc(C)c1F. The minimum absolute atomic E-state index is 0.213. The highest BCUT2D eigenvalue weighted by molar-refractivity contribution is 5.77. The zero-order valence-electron chi connectivity index (χ0n) is 17.5. The summed E-state index contributed by atoms with van der Waals surface area (Å²) in [6.45, 7) is 5.26. The lowest BCUT2D eigenvalue weighted by atomic mass is 9.91. The van der Waals surface area contributed by atoms with Gasteiger partial charge in [-0.25, -0.2) is 9.87 Å². The number of rotatable bonds is 10. The molecule has 7 heteroatoms. The van der Waals surface area contributed by atoms with Gasteiger partial charge in [-0.05, 0) is 74.0 Å². The van der Waals surface area contributed by atoms with Gasteiger partial charge >= 0.3 is 0 Å². The first kappa shape index (κ1) is 22.1. The summed E-state index contributed by atoms with van der Waals surface area (Å²) >= 11 is 0. The van der Waals surface area contributed by atoms with Crippen LogP contribution in [0.3, 0.4) is 0 Å². The average molecular weight is 416 g/mol. The van der Waals surface area contributed by atoms with Crippen molar-refractivity contribution in [3.05, 3.63) is 58.4 Å². The van der Waals surface area contributed by atoms with E-state index in [2.05, 4.69) is 5.32 Å². The van der Waals surface area contributed by atoms with Crippen LogP contribution in [-0.2, 0) is 17.8 Å². The molecule has 0 aromatic heterocycles. The highest BCUT2D eigenvalue weighted by Gasteiger charge is 2.19. The third-order valence-electron chi connectivity index (χ3n) is 5.38. The highest BCUT2D eigenvalue weighted by Crippen LogP contribution is 2.32. The van der Waals surface area contributed by atoms with E-state index >= 15 is 0 Å². The van der Waals surface area contributed by atoms with Gasteiger partial charge in [0.2, 0.25) is 12.7 Å². The number of ether oxygens (including phenoxy) is 2. The summed E-state index contributed by atoms with van der Waals surface area (Å²) in [6.07, 6.45) is 2.86. The number of carbonyl (C=O) groups is 1. The van der Waals surface area contributed by atoms with Crippen molar-refractivity contribution in [1.29, 1.82) is 0 Å². The van der Waals surface area contributed by atoms with Crippen molar-refractivity contribution < 1.29 is 23.9 Å². The molecule has 0 radical (unpaired) electrons. The number of halogens is 1. The summed E-state index contributed by atoms with van der Waals surface area (Å²) in [6, 6.07) is 9.44. The van der Waals surface area contributed by atoms with Crippen molar-refractivity contribution in [2.24, 2.45) is 5.92 Å². The normalized spacial score (nSPS) is 13.3. The molecule has 3 rings (SSSR count). The Hall–Kier alpha value is -2.64. The number of carbonyl (C=O) groups excluding carboxylic acids is 1. The second-order valence-electron chi connectivity index (χ2n) is 7.78. The monoisotopic (exact) mass is 416 g/mol. The van der Waals surface area contributed by atoms with E-state index in [4.69, 9.17) is 14.7 Å². The molecular formula is C23H29FN2O4. The van der Waals surface area contributed by atoms with E-state index < -0.39 is 5.91 Å². The Bertz CT molecular complexity index is 864. The first-order valence-electron chi connectivity index (χ1n) is 10.3. The van der Waals surface area contributed by atoms with Gasteiger partial charge in [0.05, 0.1) is 0 Å². The predicted molar refractivity (Wildman–Crippen MR) is 111 cm³/mol. The van der Waals surface area contributed by atoms with Crippen LogP contribution in [0.4, 0.5) is 4.39 Å². The maximum atomic E-state index is 13.8. The standard InChI is InChI=1S/C23H29FN2O4/c1-15-9-18(10-16(2)22(15)24)11-19(23(27)26-28)5-3-4-8-25-13-17-6-7-20-21(12-17)30-14-29-20/h6-7,9-10,12,19,25,28H,3-5,8,11,13-14H2,1-2H3,(H,26,27). The average Bonchev–Trinajstić information content (AvgIpc) is 3.20. The fourth-order valence-electron chi connectivity index (χ4n) is 3.78. The van der Waals surface area contributed by atoms with Crippen LogP contribution < -0.4 is 20.3 Å². The van der Waals surface area contributed by atoms with Crippen LogP contribution in [-0.4, -0.2) is 24.5 Å². The minimum Gasteiger partial charge on any atom is -0.454 e. The molecule has 0 saturated heterocycles. The maximum absolute atomic E-state index is 13.8. The van der Waals surface area contributed by atoms with Gasteiger partial charge in [-0.2, -0.15) is 0 Å². The first-order valence-corrected chi connectivity index (χ1v) is 10.3. The van der Waals surface area contributed by atoms with Crippen LogP contribution >= 0.6 is 0 Å². The van der Waals surface area contributed by atoms with Crippen LogP contribution in [0.15, 0.2) is 30.3 Å². The van der Waals surface area contributed by atoms with Crippen molar-refractivity contribution in [3.8, 4) is 11.5 Å². The molecule has 6 nitrogen and oxygen atoms in total. The van der Waals surface area contributed by atoms with Crippen molar-refractivity contribution in [2.45, 2.75) is 46.1 Å². The number of benzene rings is 2. The van der Waals surface area contributed by atoms with E-state index in [1.54, 1.807) is 31.5 Å². The van der Waals surface area contributed by atoms with E-state index in [0.717, 1.165) is 48.6 Å².